The lowest BCUT2D eigenvalue weighted by molar-refractivity contribution is 1.09. The van der Waals surface area contributed by atoms with E-state index < -0.39 is 0 Å². The molecule has 1 N–H and O–H groups in total. The molecule has 0 fully saturated rings. The van der Waals surface area contributed by atoms with Gasteiger partial charge in [-0.3, -0.25) is 0 Å². The first-order chi connectivity index (χ1) is 6.20. The average Bonchev–Trinajstić information content (AvgIpc) is 2.43. The predicted molar refractivity (Wildman–Crippen MR) is 59.8 cm³/mol. The smallest absolute Gasteiger partial charge is 0.0741 e. The summed E-state index contributed by atoms with van der Waals surface area (Å²) in [6.07, 6.45) is 1.03. The summed E-state index contributed by atoms with van der Waals surface area (Å²) in [5.41, 5.74) is 2.60. The minimum Gasteiger partial charge on any atom is -0.372 e. The Labute approximate surface area is 87.9 Å². The number of hydrogen-bond acceptors (Lipinski definition) is 2. The number of anilines is 1. The molecule has 0 amide bonds. The van der Waals surface area contributed by atoms with Crippen LogP contribution < -0.4 is 5.32 Å². The molecule has 0 aromatic heterocycles. The van der Waals surface area contributed by atoms with Crippen LogP contribution in [0.5, 0.6) is 0 Å². The lowest BCUT2D eigenvalue weighted by Gasteiger charge is -2.07. The van der Waals surface area contributed by atoms with Crippen LogP contribution in [0.4, 0.5) is 5.69 Å². The Morgan fingerprint density at radius 1 is 1.54 bits per heavy atom. The van der Waals surface area contributed by atoms with Gasteiger partial charge in [0.1, 0.15) is 0 Å². The van der Waals surface area contributed by atoms with Crippen LogP contribution in [0.2, 0.25) is 5.02 Å². The number of aryl methyl sites for hydroxylation is 1. The van der Waals surface area contributed by atoms with Crippen molar-refractivity contribution in [3.63, 3.8) is 0 Å². The van der Waals surface area contributed by atoms with Crippen molar-refractivity contribution in [1.82, 2.24) is 0 Å². The van der Waals surface area contributed by atoms with E-state index in [-0.39, 0.29) is 0 Å². The molecule has 2 rings (SSSR count). The SMILES string of the molecule is CCc1cc(Cl)cc2c1NC(C)S2. The van der Waals surface area contributed by atoms with Crippen LogP contribution in [0, 0.1) is 0 Å². The molecule has 0 radical (unpaired) electrons. The highest BCUT2D eigenvalue weighted by molar-refractivity contribution is 8.00. The Hall–Kier alpha value is -0.340. The summed E-state index contributed by atoms with van der Waals surface area (Å²) in [4.78, 5) is 1.29. The van der Waals surface area contributed by atoms with Crippen molar-refractivity contribution in [2.24, 2.45) is 0 Å². The lowest BCUT2D eigenvalue weighted by Crippen LogP contribution is -2.04. The van der Waals surface area contributed by atoms with Crippen LogP contribution >= 0.6 is 23.4 Å². The van der Waals surface area contributed by atoms with E-state index in [2.05, 4.69) is 19.2 Å². The van der Waals surface area contributed by atoms with Gasteiger partial charge in [0.15, 0.2) is 0 Å². The lowest BCUT2D eigenvalue weighted by atomic mass is 10.1. The van der Waals surface area contributed by atoms with Gasteiger partial charge in [0.05, 0.1) is 11.1 Å². The van der Waals surface area contributed by atoms with E-state index in [1.165, 1.54) is 16.1 Å². The number of rotatable bonds is 1. The standard InChI is InChI=1S/C10H12ClNS/c1-3-7-4-8(11)5-9-10(7)12-6(2)13-9/h4-6,12H,3H2,1-2H3. The molecule has 1 aromatic rings. The minimum atomic E-state index is 0.471. The molecule has 1 aliphatic rings. The van der Waals surface area contributed by atoms with Gasteiger partial charge in [-0.25, -0.2) is 0 Å². The maximum atomic E-state index is 6.01. The normalized spacial score (nSPS) is 19.8. The first-order valence-electron chi connectivity index (χ1n) is 4.46. The summed E-state index contributed by atoms with van der Waals surface area (Å²) in [5, 5.41) is 4.77. The van der Waals surface area contributed by atoms with E-state index in [1.807, 2.05) is 23.9 Å². The fraction of sp³-hybridized carbons (Fsp3) is 0.400. The second-order valence-electron chi connectivity index (χ2n) is 3.20. The summed E-state index contributed by atoms with van der Waals surface area (Å²) in [6, 6.07) is 4.09. The summed E-state index contributed by atoms with van der Waals surface area (Å²) in [5.74, 6) is 0. The summed E-state index contributed by atoms with van der Waals surface area (Å²) in [6.45, 7) is 4.32. The molecule has 0 saturated heterocycles. The van der Waals surface area contributed by atoms with Crippen molar-refractivity contribution in [1.29, 1.82) is 0 Å². The van der Waals surface area contributed by atoms with Crippen LogP contribution in [0.25, 0.3) is 0 Å². The second kappa shape index (κ2) is 3.43. The number of fused-ring (bicyclic) bond motifs is 1. The van der Waals surface area contributed by atoms with Gasteiger partial charge < -0.3 is 5.32 Å². The fourth-order valence-electron chi connectivity index (χ4n) is 1.59. The molecule has 13 heavy (non-hydrogen) atoms. The summed E-state index contributed by atoms with van der Waals surface area (Å²) >= 11 is 7.85. The van der Waals surface area contributed by atoms with Crippen LogP contribution in [-0.4, -0.2) is 5.37 Å². The summed E-state index contributed by atoms with van der Waals surface area (Å²) in [7, 11) is 0. The maximum absolute atomic E-state index is 6.01. The minimum absolute atomic E-state index is 0.471. The number of thioether (sulfide) groups is 1. The Morgan fingerprint density at radius 2 is 2.31 bits per heavy atom. The average molecular weight is 214 g/mol. The third-order valence-electron chi connectivity index (χ3n) is 2.18. The van der Waals surface area contributed by atoms with Crippen molar-refractivity contribution in [3.05, 3.63) is 22.7 Å². The third-order valence-corrected chi connectivity index (χ3v) is 3.45. The number of halogens is 1. The molecular weight excluding hydrogens is 202 g/mol. The highest BCUT2D eigenvalue weighted by Gasteiger charge is 2.20. The van der Waals surface area contributed by atoms with Gasteiger partial charge in [0, 0.05) is 9.92 Å². The molecular formula is C10H12ClNS. The van der Waals surface area contributed by atoms with Gasteiger partial charge in [0.25, 0.3) is 0 Å². The zero-order chi connectivity index (χ0) is 9.42. The van der Waals surface area contributed by atoms with E-state index in [4.69, 9.17) is 11.6 Å². The van der Waals surface area contributed by atoms with Crippen molar-refractivity contribution in [3.8, 4) is 0 Å². The monoisotopic (exact) mass is 213 g/mol. The molecule has 0 bridgehead atoms. The zero-order valence-corrected chi connectivity index (χ0v) is 9.30. The highest BCUT2D eigenvalue weighted by Crippen LogP contribution is 2.42. The Bertz CT molecular complexity index is 338. The molecule has 1 atom stereocenters. The van der Waals surface area contributed by atoms with E-state index in [0.717, 1.165) is 11.4 Å². The zero-order valence-electron chi connectivity index (χ0n) is 7.73. The van der Waals surface area contributed by atoms with E-state index in [9.17, 15) is 0 Å². The van der Waals surface area contributed by atoms with Gasteiger partial charge >= 0.3 is 0 Å². The topological polar surface area (TPSA) is 12.0 Å². The molecule has 0 aliphatic carbocycles. The predicted octanol–water partition coefficient (Wildman–Crippen LogP) is 3.77. The third kappa shape index (κ3) is 1.65. The summed E-state index contributed by atoms with van der Waals surface area (Å²) < 4.78 is 0. The van der Waals surface area contributed by atoms with Gasteiger partial charge in [-0.1, -0.05) is 30.3 Å². The van der Waals surface area contributed by atoms with Gasteiger partial charge in [-0.2, -0.15) is 0 Å². The molecule has 1 aromatic carbocycles. The highest BCUT2D eigenvalue weighted by atomic mass is 35.5. The Balaban J connectivity index is 2.50. The van der Waals surface area contributed by atoms with Crippen LogP contribution in [-0.2, 0) is 6.42 Å². The van der Waals surface area contributed by atoms with Gasteiger partial charge in [-0.15, -0.1) is 0 Å². The quantitative estimate of drug-likeness (QED) is 0.763. The van der Waals surface area contributed by atoms with Crippen molar-refractivity contribution < 1.29 is 0 Å². The van der Waals surface area contributed by atoms with Crippen molar-refractivity contribution in [2.45, 2.75) is 30.5 Å². The first kappa shape index (κ1) is 9.22. The number of hydrogen-bond donors (Lipinski definition) is 1. The van der Waals surface area contributed by atoms with Gasteiger partial charge in [-0.05, 0) is 31.0 Å². The van der Waals surface area contributed by atoms with Gasteiger partial charge in [0.2, 0.25) is 0 Å². The number of benzene rings is 1. The first-order valence-corrected chi connectivity index (χ1v) is 5.72. The number of nitrogens with one attached hydrogen (secondary N) is 1. The van der Waals surface area contributed by atoms with Crippen LogP contribution in [0.3, 0.4) is 0 Å². The van der Waals surface area contributed by atoms with E-state index >= 15 is 0 Å². The molecule has 1 unspecified atom stereocenters. The maximum Gasteiger partial charge on any atom is 0.0741 e. The molecule has 1 aliphatic heterocycles. The molecule has 1 nitrogen and oxygen atoms in total. The second-order valence-corrected chi connectivity index (χ2v) is 5.02. The molecule has 0 spiro atoms. The van der Waals surface area contributed by atoms with Crippen LogP contribution in [0.1, 0.15) is 19.4 Å². The fourth-order valence-corrected chi connectivity index (χ4v) is 2.96. The molecule has 1 heterocycles. The molecule has 0 saturated carbocycles. The Morgan fingerprint density at radius 3 is 3.00 bits per heavy atom. The van der Waals surface area contributed by atoms with E-state index in [1.54, 1.807) is 0 Å². The molecule has 70 valence electrons. The molecule has 3 heteroatoms. The largest absolute Gasteiger partial charge is 0.372 e. The van der Waals surface area contributed by atoms with E-state index in [0.29, 0.717) is 5.37 Å². The van der Waals surface area contributed by atoms with Crippen molar-refractivity contribution in [2.75, 3.05) is 5.32 Å². The Kier molecular flexibility index (Phi) is 2.43. The van der Waals surface area contributed by atoms with Crippen LogP contribution in [0.15, 0.2) is 17.0 Å². The van der Waals surface area contributed by atoms with Crippen molar-refractivity contribution >= 4 is 29.1 Å².